The average Bonchev–Trinajstić information content (AvgIpc) is 2.59. The topological polar surface area (TPSA) is 66.9 Å². The van der Waals surface area contributed by atoms with Crippen molar-refractivity contribution in [3.8, 4) is 0 Å². The molecule has 1 heterocycles. The predicted molar refractivity (Wildman–Crippen MR) is 101 cm³/mol. The molecular weight excluding hydrogens is 359 g/mol. The monoisotopic (exact) mass is 372 g/mol. The molecular formula is C18H14Cl2N4O. The number of anilines is 3. The van der Waals surface area contributed by atoms with E-state index in [9.17, 15) is 4.79 Å². The van der Waals surface area contributed by atoms with Crippen LogP contribution in [0.5, 0.6) is 0 Å². The van der Waals surface area contributed by atoms with Gasteiger partial charge in [-0.05, 0) is 42.8 Å². The van der Waals surface area contributed by atoms with E-state index in [1.54, 1.807) is 18.2 Å². The molecule has 0 unspecified atom stereocenters. The molecule has 3 rings (SSSR count). The molecule has 1 amide bonds. The molecule has 2 N–H and O–H groups in total. The Kier molecular flexibility index (Phi) is 5.16. The number of carbonyl (C=O) groups excluding carboxylic acids is 1. The van der Waals surface area contributed by atoms with Gasteiger partial charge in [-0.1, -0.05) is 35.3 Å². The zero-order chi connectivity index (χ0) is 17.8. The number of aryl methyl sites for hydroxylation is 1. The highest BCUT2D eigenvalue weighted by molar-refractivity contribution is 6.35. The number of amides is 1. The molecule has 0 radical (unpaired) electrons. The number of nitrogens with one attached hydrogen (secondary N) is 2. The van der Waals surface area contributed by atoms with Gasteiger partial charge in [0.15, 0.2) is 0 Å². The molecule has 0 atom stereocenters. The Morgan fingerprint density at radius 1 is 1.04 bits per heavy atom. The summed E-state index contributed by atoms with van der Waals surface area (Å²) in [4.78, 5) is 20.6. The predicted octanol–water partition coefficient (Wildman–Crippen LogP) is 5.09. The van der Waals surface area contributed by atoms with Crippen molar-refractivity contribution in [3.63, 3.8) is 0 Å². The maximum absolute atomic E-state index is 12.3. The van der Waals surface area contributed by atoms with Crippen LogP contribution in [-0.4, -0.2) is 15.9 Å². The summed E-state index contributed by atoms with van der Waals surface area (Å²) in [5.74, 6) is 0.0363. The zero-order valence-corrected chi connectivity index (χ0v) is 14.8. The molecule has 3 aromatic rings. The first-order chi connectivity index (χ1) is 12.0. The Bertz CT molecular complexity index is 913. The minimum Gasteiger partial charge on any atom is -0.324 e. The van der Waals surface area contributed by atoms with Crippen molar-refractivity contribution in [3.05, 3.63) is 76.0 Å². The SMILES string of the molecule is Cc1cccc(Nc2ncc(C(=O)Nc3cc(Cl)ccc3Cl)cn2)c1. The van der Waals surface area contributed by atoms with E-state index in [1.807, 2.05) is 31.2 Å². The maximum Gasteiger partial charge on any atom is 0.258 e. The second kappa shape index (κ2) is 7.51. The van der Waals surface area contributed by atoms with Crippen LogP contribution in [-0.2, 0) is 0 Å². The second-order valence-electron chi connectivity index (χ2n) is 5.37. The first-order valence-electron chi connectivity index (χ1n) is 7.43. The quantitative estimate of drug-likeness (QED) is 0.669. The Hall–Kier alpha value is -2.63. The fourth-order valence-corrected chi connectivity index (χ4v) is 2.49. The Balaban J connectivity index is 1.71. The van der Waals surface area contributed by atoms with E-state index in [2.05, 4.69) is 20.6 Å². The summed E-state index contributed by atoms with van der Waals surface area (Å²) in [6, 6.07) is 12.7. The van der Waals surface area contributed by atoms with Crippen LogP contribution in [0.4, 0.5) is 17.3 Å². The van der Waals surface area contributed by atoms with E-state index in [-0.39, 0.29) is 5.91 Å². The zero-order valence-electron chi connectivity index (χ0n) is 13.3. The van der Waals surface area contributed by atoms with Crippen LogP contribution in [0.1, 0.15) is 15.9 Å². The molecule has 0 spiro atoms. The molecule has 0 saturated heterocycles. The Morgan fingerprint density at radius 3 is 2.52 bits per heavy atom. The molecule has 0 fully saturated rings. The first kappa shape index (κ1) is 17.2. The van der Waals surface area contributed by atoms with E-state index >= 15 is 0 Å². The molecule has 0 saturated carbocycles. The molecule has 0 aliphatic heterocycles. The fraction of sp³-hybridized carbons (Fsp3) is 0.0556. The van der Waals surface area contributed by atoms with Gasteiger partial charge < -0.3 is 10.6 Å². The van der Waals surface area contributed by atoms with Gasteiger partial charge in [0.1, 0.15) is 0 Å². The number of nitrogens with zero attached hydrogens (tertiary/aromatic N) is 2. The van der Waals surface area contributed by atoms with E-state index in [0.717, 1.165) is 11.3 Å². The van der Waals surface area contributed by atoms with Gasteiger partial charge in [-0.2, -0.15) is 0 Å². The highest BCUT2D eigenvalue weighted by Crippen LogP contribution is 2.25. The third-order valence-corrected chi connectivity index (χ3v) is 3.93. The van der Waals surface area contributed by atoms with Crippen molar-refractivity contribution < 1.29 is 4.79 Å². The van der Waals surface area contributed by atoms with Gasteiger partial charge >= 0.3 is 0 Å². The number of hydrogen-bond donors (Lipinski definition) is 2. The molecule has 25 heavy (non-hydrogen) atoms. The summed E-state index contributed by atoms with van der Waals surface area (Å²) >= 11 is 12.0. The normalized spacial score (nSPS) is 10.4. The average molecular weight is 373 g/mol. The number of rotatable bonds is 4. The number of halogens is 2. The summed E-state index contributed by atoms with van der Waals surface area (Å²) in [5.41, 5.74) is 2.74. The van der Waals surface area contributed by atoms with Crippen molar-refractivity contribution in [2.24, 2.45) is 0 Å². The van der Waals surface area contributed by atoms with Crippen LogP contribution in [0.2, 0.25) is 10.0 Å². The molecule has 7 heteroatoms. The lowest BCUT2D eigenvalue weighted by Gasteiger charge is -2.08. The number of benzene rings is 2. The second-order valence-corrected chi connectivity index (χ2v) is 6.21. The molecule has 1 aromatic heterocycles. The third-order valence-electron chi connectivity index (χ3n) is 3.36. The molecule has 2 aromatic carbocycles. The van der Waals surface area contributed by atoms with Crippen molar-refractivity contribution in [1.82, 2.24) is 9.97 Å². The first-order valence-corrected chi connectivity index (χ1v) is 8.19. The van der Waals surface area contributed by atoms with Crippen molar-refractivity contribution in [2.45, 2.75) is 6.92 Å². The van der Waals surface area contributed by atoms with E-state index in [1.165, 1.54) is 12.4 Å². The highest BCUT2D eigenvalue weighted by atomic mass is 35.5. The van der Waals surface area contributed by atoms with Gasteiger partial charge in [0.25, 0.3) is 5.91 Å². The molecule has 5 nitrogen and oxygen atoms in total. The van der Waals surface area contributed by atoms with Gasteiger partial charge in [0.2, 0.25) is 5.95 Å². The molecule has 126 valence electrons. The fourth-order valence-electron chi connectivity index (χ4n) is 2.15. The van der Waals surface area contributed by atoms with E-state index in [0.29, 0.717) is 27.2 Å². The lowest BCUT2D eigenvalue weighted by Crippen LogP contribution is -2.13. The smallest absolute Gasteiger partial charge is 0.258 e. The summed E-state index contributed by atoms with van der Waals surface area (Å²) < 4.78 is 0. The molecule has 0 aliphatic rings. The number of carbonyl (C=O) groups is 1. The molecule has 0 bridgehead atoms. The summed E-state index contributed by atoms with van der Waals surface area (Å²) in [6.07, 6.45) is 2.89. The maximum atomic E-state index is 12.3. The lowest BCUT2D eigenvalue weighted by atomic mass is 10.2. The largest absolute Gasteiger partial charge is 0.324 e. The van der Waals surface area contributed by atoms with E-state index < -0.39 is 0 Å². The van der Waals surface area contributed by atoms with Gasteiger partial charge in [0.05, 0.1) is 16.3 Å². The van der Waals surface area contributed by atoms with Gasteiger partial charge in [-0.15, -0.1) is 0 Å². The van der Waals surface area contributed by atoms with E-state index in [4.69, 9.17) is 23.2 Å². The summed E-state index contributed by atoms with van der Waals surface area (Å²) in [5, 5.41) is 6.65. The number of hydrogen-bond acceptors (Lipinski definition) is 4. The highest BCUT2D eigenvalue weighted by Gasteiger charge is 2.10. The lowest BCUT2D eigenvalue weighted by molar-refractivity contribution is 0.102. The van der Waals surface area contributed by atoms with Gasteiger partial charge in [0, 0.05) is 23.1 Å². The minimum absolute atomic E-state index is 0.311. The van der Waals surface area contributed by atoms with Crippen molar-refractivity contribution in [2.75, 3.05) is 10.6 Å². The molecule has 0 aliphatic carbocycles. The van der Waals surface area contributed by atoms with Crippen LogP contribution in [0.25, 0.3) is 0 Å². The van der Waals surface area contributed by atoms with Crippen LogP contribution in [0.3, 0.4) is 0 Å². The van der Waals surface area contributed by atoms with Crippen LogP contribution in [0, 0.1) is 6.92 Å². The summed E-state index contributed by atoms with van der Waals surface area (Å²) in [7, 11) is 0. The standard InChI is InChI=1S/C18H14Cl2N4O/c1-11-3-2-4-14(7-11)23-18-21-9-12(10-22-18)17(25)24-16-8-13(19)5-6-15(16)20/h2-10H,1H3,(H,24,25)(H,21,22,23). The van der Waals surface area contributed by atoms with Crippen LogP contribution >= 0.6 is 23.2 Å². The van der Waals surface area contributed by atoms with Gasteiger partial charge in [-0.3, -0.25) is 4.79 Å². The van der Waals surface area contributed by atoms with Crippen molar-refractivity contribution >= 4 is 46.4 Å². The van der Waals surface area contributed by atoms with Crippen LogP contribution < -0.4 is 10.6 Å². The van der Waals surface area contributed by atoms with Gasteiger partial charge in [-0.25, -0.2) is 9.97 Å². The Labute approximate surface area is 155 Å². The number of aromatic nitrogens is 2. The Morgan fingerprint density at radius 2 is 1.80 bits per heavy atom. The summed E-state index contributed by atoms with van der Waals surface area (Å²) in [6.45, 7) is 2.00. The third kappa shape index (κ3) is 4.47. The van der Waals surface area contributed by atoms with Crippen LogP contribution in [0.15, 0.2) is 54.9 Å². The van der Waals surface area contributed by atoms with Crippen molar-refractivity contribution in [1.29, 1.82) is 0 Å². The minimum atomic E-state index is -0.369.